The molecule has 0 saturated heterocycles. The van der Waals surface area contributed by atoms with E-state index in [-0.39, 0.29) is 33.9 Å². The minimum atomic E-state index is -0.715. The standard InChI is InChI=1S/C40H44O12/c1-4-37(42)49-24-12-8-6-10-22-47-32-18-14-29(15-19-32)39(44)51-34-27-35(46-3)36(26-31(34)28-41)52-40(45)30-16-20-33(21-17-30)48-23-11-7-9-13-25-50-38(43)5-2/h4-5,14-21,26-28H,1-2,6-13,22-25H2,3H3. The maximum absolute atomic E-state index is 12.9. The number of methoxy groups -OCH3 is 1. The molecule has 0 heterocycles. The van der Waals surface area contributed by atoms with E-state index in [2.05, 4.69) is 13.2 Å². The Morgan fingerprint density at radius 2 is 0.981 bits per heavy atom. The summed E-state index contributed by atoms with van der Waals surface area (Å²) in [6.45, 7) is 8.40. The van der Waals surface area contributed by atoms with Gasteiger partial charge in [-0.05, 0) is 106 Å². The van der Waals surface area contributed by atoms with Crippen LogP contribution in [0.3, 0.4) is 0 Å². The molecular weight excluding hydrogens is 672 g/mol. The maximum Gasteiger partial charge on any atom is 0.343 e. The summed E-state index contributed by atoms with van der Waals surface area (Å²) in [5.41, 5.74) is 0.434. The third-order valence-electron chi connectivity index (χ3n) is 7.45. The van der Waals surface area contributed by atoms with Gasteiger partial charge in [0.05, 0.1) is 50.2 Å². The molecule has 0 fully saturated rings. The highest BCUT2D eigenvalue weighted by Gasteiger charge is 2.19. The first-order chi connectivity index (χ1) is 25.3. The number of carbonyl (C=O) groups excluding carboxylic acids is 5. The second-order valence-corrected chi connectivity index (χ2v) is 11.3. The Kier molecular flexibility index (Phi) is 17.7. The molecule has 0 aliphatic heterocycles. The van der Waals surface area contributed by atoms with Crippen LogP contribution in [0.4, 0.5) is 0 Å². The first kappa shape index (κ1) is 40.5. The second-order valence-electron chi connectivity index (χ2n) is 11.3. The van der Waals surface area contributed by atoms with Crippen LogP contribution >= 0.6 is 0 Å². The summed E-state index contributed by atoms with van der Waals surface area (Å²) in [7, 11) is 1.35. The average Bonchev–Trinajstić information content (AvgIpc) is 3.17. The van der Waals surface area contributed by atoms with Gasteiger partial charge >= 0.3 is 23.9 Å². The van der Waals surface area contributed by atoms with E-state index in [9.17, 15) is 24.0 Å². The zero-order chi connectivity index (χ0) is 37.6. The lowest BCUT2D eigenvalue weighted by Gasteiger charge is -2.14. The molecule has 52 heavy (non-hydrogen) atoms. The van der Waals surface area contributed by atoms with Crippen LogP contribution in [-0.4, -0.2) is 63.7 Å². The Labute approximate surface area is 303 Å². The Hall–Kier alpha value is -5.91. The van der Waals surface area contributed by atoms with E-state index < -0.39 is 23.9 Å². The van der Waals surface area contributed by atoms with Crippen LogP contribution in [-0.2, 0) is 19.1 Å². The van der Waals surface area contributed by atoms with Gasteiger partial charge in [0.1, 0.15) is 17.2 Å². The van der Waals surface area contributed by atoms with Crippen LogP contribution < -0.4 is 23.7 Å². The van der Waals surface area contributed by atoms with Crippen LogP contribution in [0, 0.1) is 0 Å². The second kappa shape index (κ2) is 22.7. The first-order valence-electron chi connectivity index (χ1n) is 16.9. The summed E-state index contributed by atoms with van der Waals surface area (Å²) in [6, 6.07) is 15.4. The van der Waals surface area contributed by atoms with Crippen molar-refractivity contribution in [3.63, 3.8) is 0 Å². The Balaban J connectivity index is 1.46. The van der Waals surface area contributed by atoms with Crippen LogP contribution in [0.2, 0.25) is 0 Å². The fraction of sp³-hybridized carbons (Fsp3) is 0.325. The van der Waals surface area contributed by atoms with Crippen molar-refractivity contribution in [1.82, 2.24) is 0 Å². The lowest BCUT2D eigenvalue weighted by atomic mass is 10.1. The Bertz CT molecular complexity index is 1640. The highest BCUT2D eigenvalue weighted by atomic mass is 16.6. The number of benzene rings is 3. The number of esters is 4. The number of carbonyl (C=O) groups is 5. The maximum atomic E-state index is 12.9. The van der Waals surface area contributed by atoms with Crippen LogP contribution in [0.25, 0.3) is 0 Å². The monoisotopic (exact) mass is 716 g/mol. The third-order valence-corrected chi connectivity index (χ3v) is 7.45. The summed E-state index contributed by atoms with van der Waals surface area (Å²) < 4.78 is 37.8. The highest BCUT2D eigenvalue weighted by molar-refractivity contribution is 5.94. The number of unbranched alkanes of at least 4 members (excludes halogenated alkanes) is 6. The lowest BCUT2D eigenvalue weighted by Crippen LogP contribution is -2.12. The molecule has 0 atom stereocenters. The fourth-order valence-electron chi connectivity index (χ4n) is 4.63. The molecule has 3 rings (SSSR count). The van der Waals surface area contributed by atoms with Gasteiger partial charge in [0.2, 0.25) is 0 Å². The van der Waals surface area contributed by atoms with Gasteiger partial charge in [0.25, 0.3) is 0 Å². The van der Waals surface area contributed by atoms with Crippen molar-refractivity contribution in [2.75, 3.05) is 33.5 Å². The smallest absolute Gasteiger partial charge is 0.343 e. The van der Waals surface area contributed by atoms with Crippen LogP contribution in [0.1, 0.15) is 82.4 Å². The summed E-state index contributed by atoms with van der Waals surface area (Å²) >= 11 is 0. The molecule has 0 N–H and O–H groups in total. The van der Waals surface area contributed by atoms with Gasteiger partial charge in [-0.3, -0.25) is 4.79 Å². The van der Waals surface area contributed by atoms with Gasteiger partial charge in [-0.25, -0.2) is 19.2 Å². The fourth-order valence-corrected chi connectivity index (χ4v) is 4.63. The Morgan fingerprint density at radius 3 is 1.38 bits per heavy atom. The molecule has 0 unspecified atom stereocenters. The molecule has 0 aromatic heterocycles. The summed E-state index contributed by atoms with van der Waals surface area (Å²) in [4.78, 5) is 59.8. The minimum Gasteiger partial charge on any atom is -0.494 e. The van der Waals surface area contributed by atoms with Crippen molar-refractivity contribution in [3.8, 4) is 28.7 Å². The van der Waals surface area contributed by atoms with E-state index in [1.54, 1.807) is 48.5 Å². The quantitative estimate of drug-likeness (QED) is 0.0301. The molecular formula is C40H44O12. The molecule has 0 saturated carbocycles. The van der Waals surface area contributed by atoms with Gasteiger partial charge in [-0.15, -0.1) is 0 Å². The molecule has 0 aliphatic carbocycles. The van der Waals surface area contributed by atoms with Gasteiger partial charge in [-0.1, -0.05) is 13.2 Å². The normalized spacial score (nSPS) is 10.3. The number of aldehydes is 1. The molecule has 12 nitrogen and oxygen atoms in total. The minimum absolute atomic E-state index is 0.0303. The van der Waals surface area contributed by atoms with E-state index in [0.29, 0.717) is 44.2 Å². The third kappa shape index (κ3) is 14.1. The molecule has 0 radical (unpaired) electrons. The van der Waals surface area contributed by atoms with Crippen LogP contribution in [0.5, 0.6) is 28.7 Å². The van der Waals surface area contributed by atoms with Gasteiger partial charge < -0.3 is 33.2 Å². The topological polar surface area (TPSA) is 150 Å². The van der Waals surface area contributed by atoms with E-state index >= 15 is 0 Å². The number of ether oxygens (including phenoxy) is 7. The SMILES string of the molecule is C=CC(=O)OCCCCCCOc1ccc(C(=O)Oc2cc(OC)c(OC(=O)c3ccc(OCCCCCCOC(=O)C=C)cc3)cc2C=O)cc1. The largest absolute Gasteiger partial charge is 0.494 e. The molecule has 276 valence electrons. The predicted molar refractivity (Wildman–Crippen MR) is 191 cm³/mol. The van der Waals surface area contributed by atoms with Crippen molar-refractivity contribution in [3.05, 3.63) is 103 Å². The van der Waals surface area contributed by atoms with Gasteiger partial charge in [0, 0.05) is 18.2 Å². The summed E-state index contributed by atoms with van der Waals surface area (Å²) in [5.74, 6) is -1.14. The summed E-state index contributed by atoms with van der Waals surface area (Å²) in [6.07, 6.45) is 9.50. The molecule has 3 aromatic rings. The zero-order valence-corrected chi connectivity index (χ0v) is 29.3. The average molecular weight is 717 g/mol. The molecule has 0 amide bonds. The van der Waals surface area contributed by atoms with Gasteiger partial charge in [0.15, 0.2) is 17.8 Å². The van der Waals surface area contributed by atoms with E-state index in [1.165, 1.54) is 19.2 Å². The van der Waals surface area contributed by atoms with Gasteiger partial charge in [-0.2, -0.15) is 0 Å². The number of hydrogen-bond acceptors (Lipinski definition) is 12. The van der Waals surface area contributed by atoms with Crippen molar-refractivity contribution < 1.29 is 57.1 Å². The first-order valence-corrected chi connectivity index (χ1v) is 16.9. The Morgan fingerprint density at radius 1 is 0.558 bits per heavy atom. The van der Waals surface area contributed by atoms with Crippen LogP contribution in [0.15, 0.2) is 86.0 Å². The lowest BCUT2D eigenvalue weighted by molar-refractivity contribution is -0.138. The molecule has 0 aliphatic rings. The molecule has 0 bridgehead atoms. The van der Waals surface area contributed by atoms with Crippen molar-refractivity contribution >= 4 is 30.2 Å². The molecule has 0 spiro atoms. The van der Waals surface area contributed by atoms with Crippen molar-refractivity contribution in [2.24, 2.45) is 0 Å². The van der Waals surface area contributed by atoms with E-state index in [1.807, 2.05) is 0 Å². The highest BCUT2D eigenvalue weighted by Crippen LogP contribution is 2.35. The molecule has 3 aromatic carbocycles. The number of rotatable bonds is 24. The molecule has 12 heteroatoms. The van der Waals surface area contributed by atoms with Crippen molar-refractivity contribution in [2.45, 2.75) is 51.4 Å². The predicted octanol–water partition coefficient (Wildman–Crippen LogP) is 7.28. The summed E-state index contributed by atoms with van der Waals surface area (Å²) in [5, 5.41) is 0. The van der Waals surface area contributed by atoms with E-state index in [0.717, 1.165) is 63.5 Å². The number of hydrogen-bond donors (Lipinski definition) is 0. The van der Waals surface area contributed by atoms with E-state index in [4.69, 9.17) is 33.2 Å². The van der Waals surface area contributed by atoms with Crippen molar-refractivity contribution in [1.29, 1.82) is 0 Å². The zero-order valence-electron chi connectivity index (χ0n) is 29.3.